The number of hydrogen-bond acceptors (Lipinski definition) is 14. The second kappa shape index (κ2) is 29.0. The van der Waals surface area contributed by atoms with Gasteiger partial charge in [-0.2, -0.15) is 0 Å². The number of ether oxygens (including phenoxy) is 6. The minimum absolute atomic E-state index is 0.0578. The molecular formula is C39H72O14. The molecule has 2 aliphatic heterocycles. The highest BCUT2D eigenvalue weighted by Gasteiger charge is 2.47. The molecule has 2 fully saturated rings. The van der Waals surface area contributed by atoms with Crippen LogP contribution in [0.4, 0.5) is 0 Å². The molecule has 0 aliphatic carbocycles. The maximum Gasteiger partial charge on any atom is 0.306 e. The number of carbonyl (C=O) groups is 1. The van der Waals surface area contributed by atoms with Gasteiger partial charge in [-0.3, -0.25) is 4.79 Å². The van der Waals surface area contributed by atoms with Crippen molar-refractivity contribution >= 4 is 5.97 Å². The standard InChI is InChI=1S/C39H72O14/c1-3-5-7-8-9-10-11-12-13-14-15-16-17-18-19-21-23-48-25-28(51-31(41)22-20-6-4-2)26-49-38-37(47)35(45)33(43)30(53-38)27-50-39-36(46)34(44)32(42)29(24-40)52-39/h12-13,28-30,32-40,42-47H,3-11,14-27H2,1-2H3/b13-12-. The summed E-state index contributed by atoms with van der Waals surface area (Å²) < 4.78 is 33.7. The lowest BCUT2D eigenvalue weighted by atomic mass is 9.98. The molecule has 0 amide bonds. The molecule has 0 saturated carbocycles. The lowest BCUT2D eigenvalue weighted by molar-refractivity contribution is -0.332. The summed E-state index contributed by atoms with van der Waals surface area (Å²) in [6, 6.07) is 0. The summed E-state index contributed by atoms with van der Waals surface area (Å²) in [6.45, 7) is 3.46. The van der Waals surface area contributed by atoms with E-state index in [1.807, 2.05) is 6.92 Å². The van der Waals surface area contributed by atoms with Gasteiger partial charge in [-0.15, -0.1) is 0 Å². The zero-order valence-corrected chi connectivity index (χ0v) is 32.3. The van der Waals surface area contributed by atoms with Crippen LogP contribution >= 0.6 is 0 Å². The predicted molar refractivity (Wildman–Crippen MR) is 197 cm³/mol. The molecule has 0 radical (unpaired) electrons. The van der Waals surface area contributed by atoms with Crippen molar-refractivity contribution in [2.24, 2.45) is 0 Å². The Balaban J connectivity index is 1.74. The third-order valence-corrected chi connectivity index (χ3v) is 9.77. The van der Waals surface area contributed by atoms with Crippen LogP contribution < -0.4 is 0 Å². The van der Waals surface area contributed by atoms with Crippen molar-refractivity contribution in [2.75, 3.05) is 33.0 Å². The molecule has 11 atom stereocenters. The maximum atomic E-state index is 12.5. The molecule has 0 aromatic heterocycles. The summed E-state index contributed by atoms with van der Waals surface area (Å²) in [5.41, 5.74) is 0. The number of allylic oxidation sites excluding steroid dienone is 2. The van der Waals surface area contributed by atoms with E-state index in [1.54, 1.807) is 0 Å². The molecule has 2 aliphatic rings. The Hall–Kier alpha value is -1.27. The van der Waals surface area contributed by atoms with Crippen molar-refractivity contribution in [2.45, 2.75) is 197 Å². The molecule has 14 heteroatoms. The van der Waals surface area contributed by atoms with Crippen LogP contribution in [0.1, 0.15) is 129 Å². The van der Waals surface area contributed by atoms with Crippen LogP contribution in [0.2, 0.25) is 0 Å². The Morgan fingerprint density at radius 2 is 1.11 bits per heavy atom. The van der Waals surface area contributed by atoms with Crippen molar-refractivity contribution < 1.29 is 69.0 Å². The average molecular weight is 765 g/mol. The smallest absolute Gasteiger partial charge is 0.306 e. The van der Waals surface area contributed by atoms with Crippen LogP contribution in [0.15, 0.2) is 12.2 Å². The van der Waals surface area contributed by atoms with E-state index in [2.05, 4.69) is 19.1 Å². The van der Waals surface area contributed by atoms with Crippen molar-refractivity contribution in [1.29, 1.82) is 0 Å². The van der Waals surface area contributed by atoms with Crippen LogP contribution in [0.25, 0.3) is 0 Å². The minimum atomic E-state index is -1.70. The van der Waals surface area contributed by atoms with Crippen LogP contribution in [0.3, 0.4) is 0 Å². The third-order valence-electron chi connectivity index (χ3n) is 9.77. The van der Waals surface area contributed by atoms with Crippen molar-refractivity contribution in [3.05, 3.63) is 12.2 Å². The van der Waals surface area contributed by atoms with E-state index in [4.69, 9.17) is 28.4 Å². The van der Waals surface area contributed by atoms with Gasteiger partial charge < -0.3 is 64.2 Å². The molecule has 2 heterocycles. The average Bonchev–Trinajstić information content (AvgIpc) is 3.15. The van der Waals surface area contributed by atoms with Gasteiger partial charge in [-0.25, -0.2) is 0 Å². The summed E-state index contributed by atoms with van der Waals surface area (Å²) in [5, 5.41) is 71.3. The fraction of sp³-hybridized carbons (Fsp3) is 0.923. The summed E-state index contributed by atoms with van der Waals surface area (Å²) in [7, 11) is 0. The number of aliphatic hydroxyl groups is 7. The van der Waals surface area contributed by atoms with E-state index >= 15 is 0 Å². The second-order valence-electron chi connectivity index (χ2n) is 14.5. The second-order valence-corrected chi connectivity index (χ2v) is 14.5. The van der Waals surface area contributed by atoms with Crippen molar-refractivity contribution in [3.8, 4) is 0 Å². The molecule has 53 heavy (non-hydrogen) atoms. The molecule has 7 N–H and O–H groups in total. The van der Waals surface area contributed by atoms with Crippen LogP contribution in [0.5, 0.6) is 0 Å². The van der Waals surface area contributed by atoms with Crippen LogP contribution in [-0.4, -0.2) is 142 Å². The summed E-state index contributed by atoms with van der Waals surface area (Å²) in [6.07, 6.45) is 8.18. The van der Waals surface area contributed by atoms with Gasteiger partial charge in [0.15, 0.2) is 12.6 Å². The van der Waals surface area contributed by atoms with Gasteiger partial charge in [0.2, 0.25) is 0 Å². The molecule has 0 aromatic carbocycles. The van der Waals surface area contributed by atoms with Crippen molar-refractivity contribution in [1.82, 2.24) is 0 Å². The van der Waals surface area contributed by atoms with Crippen molar-refractivity contribution in [3.63, 3.8) is 0 Å². The van der Waals surface area contributed by atoms with E-state index < -0.39 is 86.7 Å². The van der Waals surface area contributed by atoms with Crippen LogP contribution in [0, 0.1) is 0 Å². The lowest BCUT2D eigenvalue weighted by Gasteiger charge is -2.42. The topological polar surface area (TPSA) is 214 Å². The molecule has 0 spiro atoms. The maximum absolute atomic E-state index is 12.5. The summed E-state index contributed by atoms with van der Waals surface area (Å²) in [4.78, 5) is 12.5. The third kappa shape index (κ3) is 19.0. The van der Waals surface area contributed by atoms with Gasteiger partial charge in [0.05, 0.1) is 26.4 Å². The van der Waals surface area contributed by atoms with E-state index in [0.29, 0.717) is 13.0 Å². The monoisotopic (exact) mass is 764 g/mol. The minimum Gasteiger partial charge on any atom is -0.457 e. The SMILES string of the molecule is CCCCCCCC/C=C\CCCCCCCCOCC(COC1OC(COC2OC(CO)C(O)C(O)C2O)C(O)C(O)C1O)OC(=O)CCCCC. The van der Waals surface area contributed by atoms with Gasteiger partial charge >= 0.3 is 5.97 Å². The Morgan fingerprint density at radius 3 is 1.72 bits per heavy atom. The highest BCUT2D eigenvalue weighted by atomic mass is 16.7. The number of hydrogen-bond donors (Lipinski definition) is 7. The molecule has 0 bridgehead atoms. The molecule has 2 saturated heterocycles. The van der Waals surface area contributed by atoms with Gasteiger partial charge in [0, 0.05) is 13.0 Å². The number of aliphatic hydroxyl groups excluding tert-OH is 7. The van der Waals surface area contributed by atoms with Crippen LogP contribution in [-0.2, 0) is 33.2 Å². The lowest BCUT2D eigenvalue weighted by Crippen LogP contribution is -2.61. The number of rotatable bonds is 30. The number of esters is 1. The first-order chi connectivity index (χ1) is 25.6. The Kier molecular flexibility index (Phi) is 26.2. The van der Waals surface area contributed by atoms with E-state index in [1.165, 1.54) is 64.2 Å². The molecule has 0 aromatic rings. The Morgan fingerprint density at radius 1 is 0.604 bits per heavy atom. The molecular weight excluding hydrogens is 692 g/mol. The first kappa shape index (κ1) is 47.9. The number of carbonyl (C=O) groups excluding carboxylic acids is 1. The van der Waals surface area contributed by atoms with Gasteiger partial charge in [0.25, 0.3) is 0 Å². The highest BCUT2D eigenvalue weighted by molar-refractivity contribution is 5.69. The highest BCUT2D eigenvalue weighted by Crippen LogP contribution is 2.26. The fourth-order valence-electron chi connectivity index (χ4n) is 6.34. The fourth-order valence-corrected chi connectivity index (χ4v) is 6.34. The first-order valence-electron chi connectivity index (χ1n) is 20.3. The zero-order valence-electron chi connectivity index (χ0n) is 32.3. The van der Waals surface area contributed by atoms with Gasteiger partial charge in [-0.05, 0) is 38.5 Å². The molecule has 11 unspecified atom stereocenters. The van der Waals surface area contributed by atoms with E-state index in [9.17, 15) is 40.5 Å². The first-order valence-corrected chi connectivity index (χ1v) is 20.3. The largest absolute Gasteiger partial charge is 0.457 e. The zero-order chi connectivity index (χ0) is 38.8. The predicted octanol–water partition coefficient (Wildman–Crippen LogP) is 3.17. The Labute approximate surface area is 316 Å². The van der Waals surface area contributed by atoms with E-state index in [0.717, 1.165) is 38.5 Å². The molecule has 14 nitrogen and oxygen atoms in total. The van der Waals surface area contributed by atoms with Gasteiger partial charge in [0.1, 0.15) is 54.9 Å². The summed E-state index contributed by atoms with van der Waals surface area (Å²) >= 11 is 0. The molecule has 312 valence electrons. The summed E-state index contributed by atoms with van der Waals surface area (Å²) in [5.74, 6) is -0.403. The van der Waals surface area contributed by atoms with Gasteiger partial charge in [-0.1, -0.05) is 96.6 Å². The number of unbranched alkanes of at least 4 members (excludes halogenated alkanes) is 14. The normalized spacial score (nSPS) is 29.8. The Bertz CT molecular complexity index is 938. The molecule has 2 rings (SSSR count). The quantitative estimate of drug-likeness (QED) is 0.0318. The van der Waals surface area contributed by atoms with E-state index in [-0.39, 0.29) is 19.6 Å².